The van der Waals surface area contributed by atoms with Crippen LogP contribution in [0.4, 0.5) is 0 Å². The van der Waals surface area contributed by atoms with Crippen molar-refractivity contribution in [3.05, 3.63) is 29.8 Å². The highest BCUT2D eigenvalue weighted by molar-refractivity contribution is 8.00. The third kappa shape index (κ3) is 3.38. The SMILES string of the molecule is Cc1cccc(SCC(=O)CC2CCC2)c1. The summed E-state index contributed by atoms with van der Waals surface area (Å²) in [5.41, 5.74) is 1.26. The molecule has 1 aromatic rings. The Labute approximate surface area is 102 Å². The number of Topliss-reactive ketones (excluding diaryl/α,β-unsaturated/α-hetero) is 1. The zero-order valence-corrected chi connectivity index (χ0v) is 10.6. The van der Waals surface area contributed by atoms with Gasteiger partial charge in [0, 0.05) is 11.3 Å². The quantitative estimate of drug-likeness (QED) is 0.720. The van der Waals surface area contributed by atoms with Crippen molar-refractivity contribution in [3.8, 4) is 0 Å². The van der Waals surface area contributed by atoms with Gasteiger partial charge in [-0.2, -0.15) is 0 Å². The van der Waals surface area contributed by atoms with Crippen LogP contribution in [0.25, 0.3) is 0 Å². The lowest BCUT2D eigenvalue weighted by Gasteiger charge is -2.24. The van der Waals surface area contributed by atoms with Crippen molar-refractivity contribution in [2.45, 2.75) is 37.5 Å². The monoisotopic (exact) mass is 234 g/mol. The summed E-state index contributed by atoms with van der Waals surface area (Å²) >= 11 is 1.67. The first-order valence-electron chi connectivity index (χ1n) is 5.95. The first-order valence-corrected chi connectivity index (χ1v) is 6.94. The van der Waals surface area contributed by atoms with Crippen LogP contribution in [0.15, 0.2) is 29.2 Å². The Kier molecular flexibility index (Phi) is 4.05. The van der Waals surface area contributed by atoms with Gasteiger partial charge in [-0.25, -0.2) is 0 Å². The maximum atomic E-state index is 11.7. The van der Waals surface area contributed by atoms with Gasteiger partial charge in [0.1, 0.15) is 5.78 Å². The molecule has 1 aliphatic rings. The minimum absolute atomic E-state index is 0.413. The van der Waals surface area contributed by atoms with E-state index in [2.05, 4.69) is 25.1 Å². The summed E-state index contributed by atoms with van der Waals surface area (Å²) in [5.74, 6) is 1.75. The highest BCUT2D eigenvalue weighted by Crippen LogP contribution is 2.30. The Balaban J connectivity index is 1.75. The maximum absolute atomic E-state index is 11.7. The summed E-state index contributed by atoms with van der Waals surface area (Å²) in [7, 11) is 0. The Morgan fingerprint density at radius 2 is 2.25 bits per heavy atom. The van der Waals surface area contributed by atoms with Gasteiger partial charge in [0.2, 0.25) is 0 Å². The van der Waals surface area contributed by atoms with Crippen LogP contribution < -0.4 is 0 Å². The Morgan fingerprint density at radius 1 is 1.44 bits per heavy atom. The van der Waals surface area contributed by atoms with Crippen LogP contribution in [0, 0.1) is 12.8 Å². The van der Waals surface area contributed by atoms with Crippen molar-refractivity contribution < 1.29 is 4.79 Å². The number of benzene rings is 1. The van der Waals surface area contributed by atoms with Crippen LogP contribution in [-0.4, -0.2) is 11.5 Å². The second-order valence-electron chi connectivity index (χ2n) is 4.64. The third-order valence-corrected chi connectivity index (χ3v) is 4.18. The highest BCUT2D eigenvalue weighted by Gasteiger charge is 2.20. The van der Waals surface area contributed by atoms with Crippen molar-refractivity contribution in [1.82, 2.24) is 0 Å². The number of carbonyl (C=O) groups excluding carboxylic acids is 1. The molecule has 1 nitrogen and oxygen atoms in total. The smallest absolute Gasteiger partial charge is 0.143 e. The van der Waals surface area contributed by atoms with Crippen molar-refractivity contribution in [2.24, 2.45) is 5.92 Å². The van der Waals surface area contributed by atoms with Crippen LogP contribution >= 0.6 is 11.8 Å². The largest absolute Gasteiger partial charge is 0.299 e. The van der Waals surface area contributed by atoms with Gasteiger partial charge in [0.25, 0.3) is 0 Å². The average molecular weight is 234 g/mol. The summed E-state index contributed by atoms with van der Waals surface area (Å²) in [5, 5.41) is 0. The Bertz CT molecular complexity index is 369. The van der Waals surface area contributed by atoms with Crippen LogP contribution in [-0.2, 0) is 4.79 Å². The lowest BCUT2D eigenvalue weighted by molar-refractivity contribution is -0.118. The predicted octanol–water partition coefficient (Wildman–Crippen LogP) is 3.85. The summed E-state index contributed by atoms with van der Waals surface area (Å²) in [6, 6.07) is 8.35. The van der Waals surface area contributed by atoms with Gasteiger partial charge >= 0.3 is 0 Å². The lowest BCUT2D eigenvalue weighted by Crippen LogP contribution is -2.16. The fourth-order valence-corrected chi connectivity index (χ4v) is 2.84. The molecule has 1 aliphatic carbocycles. The molecular weight excluding hydrogens is 216 g/mol. The predicted molar refractivity (Wildman–Crippen MR) is 68.9 cm³/mol. The summed E-state index contributed by atoms with van der Waals surface area (Å²) in [4.78, 5) is 12.9. The second-order valence-corrected chi connectivity index (χ2v) is 5.69. The molecule has 0 spiro atoms. The number of carbonyl (C=O) groups is 1. The van der Waals surface area contributed by atoms with Crippen molar-refractivity contribution >= 4 is 17.5 Å². The topological polar surface area (TPSA) is 17.1 Å². The van der Waals surface area contributed by atoms with E-state index in [0.29, 0.717) is 17.5 Å². The van der Waals surface area contributed by atoms with Crippen LogP contribution in [0.2, 0.25) is 0 Å². The molecule has 1 fully saturated rings. The third-order valence-electron chi connectivity index (χ3n) is 3.13. The van der Waals surface area contributed by atoms with Crippen molar-refractivity contribution in [1.29, 1.82) is 0 Å². The highest BCUT2D eigenvalue weighted by atomic mass is 32.2. The molecule has 0 amide bonds. The van der Waals surface area contributed by atoms with E-state index in [4.69, 9.17) is 0 Å². The molecule has 0 radical (unpaired) electrons. The van der Waals surface area contributed by atoms with Gasteiger partial charge in [-0.3, -0.25) is 4.79 Å². The maximum Gasteiger partial charge on any atom is 0.143 e. The minimum atomic E-state index is 0.413. The Hall–Kier alpha value is -0.760. The van der Waals surface area contributed by atoms with Crippen molar-refractivity contribution in [3.63, 3.8) is 0 Å². The summed E-state index contributed by atoms with van der Waals surface area (Å²) in [6.07, 6.45) is 4.66. The molecule has 0 bridgehead atoms. The van der Waals surface area contributed by atoms with Gasteiger partial charge in [-0.15, -0.1) is 11.8 Å². The van der Waals surface area contributed by atoms with Gasteiger partial charge < -0.3 is 0 Å². The molecule has 2 rings (SSSR count). The second kappa shape index (κ2) is 5.53. The number of rotatable bonds is 5. The molecule has 0 saturated heterocycles. The van der Waals surface area contributed by atoms with Gasteiger partial charge in [-0.1, -0.05) is 37.0 Å². The molecule has 0 aromatic heterocycles. The van der Waals surface area contributed by atoms with E-state index in [1.807, 2.05) is 6.07 Å². The number of hydrogen-bond donors (Lipinski definition) is 0. The van der Waals surface area contributed by atoms with E-state index in [1.54, 1.807) is 11.8 Å². The fourth-order valence-electron chi connectivity index (χ4n) is 1.95. The first-order chi connectivity index (χ1) is 7.74. The molecule has 1 aromatic carbocycles. The molecular formula is C14H18OS. The van der Waals surface area contributed by atoms with E-state index < -0.39 is 0 Å². The Morgan fingerprint density at radius 3 is 2.88 bits per heavy atom. The molecule has 0 unspecified atom stereocenters. The number of aryl methyl sites for hydroxylation is 1. The molecule has 0 N–H and O–H groups in total. The first kappa shape index (κ1) is 11.7. The van der Waals surface area contributed by atoms with E-state index in [9.17, 15) is 4.79 Å². The molecule has 86 valence electrons. The zero-order valence-electron chi connectivity index (χ0n) is 9.74. The van der Waals surface area contributed by atoms with E-state index in [0.717, 1.165) is 6.42 Å². The molecule has 0 aliphatic heterocycles. The van der Waals surface area contributed by atoms with Gasteiger partial charge in [0.05, 0.1) is 5.75 Å². The van der Waals surface area contributed by atoms with E-state index in [-0.39, 0.29) is 0 Å². The molecule has 0 heterocycles. The van der Waals surface area contributed by atoms with Gasteiger partial charge in [0.15, 0.2) is 0 Å². The van der Waals surface area contributed by atoms with Crippen molar-refractivity contribution in [2.75, 3.05) is 5.75 Å². The molecule has 16 heavy (non-hydrogen) atoms. The lowest BCUT2D eigenvalue weighted by atomic mass is 9.82. The normalized spacial score (nSPS) is 15.8. The van der Waals surface area contributed by atoms with Crippen LogP contribution in [0.5, 0.6) is 0 Å². The summed E-state index contributed by atoms with van der Waals surface area (Å²) < 4.78 is 0. The van der Waals surface area contributed by atoms with Crippen LogP contribution in [0.1, 0.15) is 31.2 Å². The number of hydrogen-bond acceptors (Lipinski definition) is 2. The van der Waals surface area contributed by atoms with Crippen LogP contribution in [0.3, 0.4) is 0 Å². The molecule has 0 atom stereocenters. The average Bonchev–Trinajstić information content (AvgIpc) is 2.21. The van der Waals surface area contributed by atoms with E-state index in [1.165, 1.54) is 29.7 Å². The minimum Gasteiger partial charge on any atom is -0.299 e. The molecule has 1 saturated carbocycles. The zero-order chi connectivity index (χ0) is 11.4. The molecule has 2 heteroatoms. The summed E-state index contributed by atoms with van der Waals surface area (Å²) in [6.45, 7) is 2.08. The number of thioether (sulfide) groups is 1. The fraction of sp³-hybridized carbons (Fsp3) is 0.500. The van der Waals surface area contributed by atoms with Gasteiger partial charge in [-0.05, 0) is 25.0 Å². The van der Waals surface area contributed by atoms with E-state index >= 15 is 0 Å². The standard InChI is InChI=1S/C14H18OS/c1-11-4-2-7-14(8-11)16-10-13(15)9-12-5-3-6-12/h2,4,7-8,12H,3,5-6,9-10H2,1H3. The number of ketones is 1.